The Hall–Kier alpha value is -3.23. The molecule has 1 N–H and O–H groups in total. The number of amides is 2. The van der Waals surface area contributed by atoms with Gasteiger partial charge in [-0.3, -0.25) is 14.9 Å². The summed E-state index contributed by atoms with van der Waals surface area (Å²) in [7, 11) is 1.66. The summed E-state index contributed by atoms with van der Waals surface area (Å²) in [6.07, 6.45) is 7.95. The van der Waals surface area contributed by atoms with Gasteiger partial charge in [0, 0.05) is 41.2 Å². The molecule has 0 spiro atoms. The smallest absolute Gasteiger partial charge is 0.257 e. The Labute approximate surface area is 235 Å². The number of unbranched alkanes of at least 4 members (excludes halogenated alkanes) is 1. The quantitative estimate of drug-likeness (QED) is 0.350. The number of thiazole rings is 1. The molecule has 7 nitrogen and oxygen atoms in total. The van der Waals surface area contributed by atoms with Gasteiger partial charge in [0.1, 0.15) is 5.75 Å². The molecule has 39 heavy (non-hydrogen) atoms. The van der Waals surface area contributed by atoms with Gasteiger partial charge in [-0.05, 0) is 93.6 Å². The van der Waals surface area contributed by atoms with Gasteiger partial charge in [0.2, 0.25) is 0 Å². The molecule has 2 aliphatic rings. The number of rotatable bonds is 9. The number of hydrogen-bond acceptors (Lipinski definition) is 6. The van der Waals surface area contributed by atoms with Gasteiger partial charge in [0.25, 0.3) is 11.8 Å². The molecule has 0 unspecified atom stereocenters. The van der Waals surface area contributed by atoms with Gasteiger partial charge < -0.3 is 14.5 Å². The molecule has 1 aromatic heterocycles. The lowest BCUT2D eigenvalue weighted by atomic mass is 10.0. The van der Waals surface area contributed by atoms with Crippen LogP contribution in [0.25, 0.3) is 11.3 Å². The third-order valence-electron chi connectivity index (χ3n) is 7.89. The molecule has 0 bridgehead atoms. The number of carbonyl (C=O) groups is 2. The monoisotopic (exact) mass is 546 g/mol. The first-order valence-corrected chi connectivity index (χ1v) is 15.0. The number of ether oxygens (including phenoxy) is 1. The minimum Gasteiger partial charge on any atom is -0.496 e. The minimum absolute atomic E-state index is 0.0431. The SMILES string of the molecule is CCCCc1ccc(OC)c(-c2csc(NC(=O)c3ccc(C(=O)N4CCC(N5CCCC5)CC4)cc3)n2)c1. The fourth-order valence-corrected chi connectivity index (χ4v) is 6.31. The number of aromatic nitrogens is 1. The summed E-state index contributed by atoms with van der Waals surface area (Å²) >= 11 is 1.38. The van der Waals surface area contributed by atoms with Crippen LogP contribution in [-0.2, 0) is 6.42 Å². The van der Waals surface area contributed by atoms with E-state index in [1.165, 1.54) is 42.8 Å². The van der Waals surface area contributed by atoms with Crippen LogP contribution in [0.4, 0.5) is 5.13 Å². The van der Waals surface area contributed by atoms with Crippen LogP contribution in [0.15, 0.2) is 47.8 Å². The third-order valence-corrected chi connectivity index (χ3v) is 8.64. The molecule has 3 aromatic rings. The largest absolute Gasteiger partial charge is 0.496 e. The van der Waals surface area contributed by atoms with Crippen molar-refractivity contribution in [1.82, 2.24) is 14.8 Å². The van der Waals surface area contributed by atoms with Crippen molar-refractivity contribution in [3.63, 3.8) is 0 Å². The standard InChI is InChI=1S/C31H38N4O3S/c1-3-4-7-22-8-13-28(38-2)26(20-22)27-21-39-31(32-27)33-29(36)23-9-11-24(12-10-23)30(37)35-18-14-25(15-19-35)34-16-5-6-17-34/h8-13,20-21,25H,3-7,14-19H2,1-2H3,(H,32,33,36). The lowest BCUT2D eigenvalue weighted by Crippen LogP contribution is -2.45. The van der Waals surface area contributed by atoms with E-state index >= 15 is 0 Å². The summed E-state index contributed by atoms with van der Waals surface area (Å²) in [5, 5.41) is 5.37. The van der Waals surface area contributed by atoms with Gasteiger partial charge in [0.05, 0.1) is 12.8 Å². The molecule has 3 heterocycles. The molecular formula is C31H38N4O3S. The lowest BCUT2D eigenvalue weighted by Gasteiger charge is -2.36. The number of methoxy groups -OCH3 is 1. The van der Waals surface area contributed by atoms with Crippen molar-refractivity contribution in [1.29, 1.82) is 0 Å². The van der Waals surface area contributed by atoms with Gasteiger partial charge in [-0.25, -0.2) is 4.98 Å². The van der Waals surface area contributed by atoms with E-state index in [4.69, 9.17) is 4.74 Å². The molecule has 2 saturated heterocycles. The van der Waals surface area contributed by atoms with Crippen molar-refractivity contribution in [2.75, 3.05) is 38.6 Å². The van der Waals surface area contributed by atoms with Gasteiger partial charge in [-0.1, -0.05) is 19.4 Å². The Kier molecular flexibility index (Phi) is 8.94. The van der Waals surface area contributed by atoms with Crippen LogP contribution >= 0.6 is 11.3 Å². The Morgan fingerprint density at radius 1 is 1.03 bits per heavy atom. The fraction of sp³-hybridized carbons (Fsp3) is 0.452. The third kappa shape index (κ3) is 6.50. The zero-order valence-electron chi connectivity index (χ0n) is 22.9. The van der Waals surface area contributed by atoms with Crippen LogP contribution in [0.2, 0.25) is 0 Å². The van der Waals surface area contributed by atoms with Crippen LogP contribution in [0.5, 0.6) is 5.75 Å². The minimum atomic E-state index is -0.245. The van der Waals surface area contributed by atoms with Crippen LogP contribution in [0.1, 0.15) is 71.7 Å². The topological polar surface area (TPSA) is 74.8 Å². The first-order chi connectivity index (χ1) is 19.1. The van der Waals surface area contributed by atoms with Crippen LogP contribution in [0, 0.1) is 0 Å². The number of likely N-dealkylation sites (tertiary alicyclic amines) is 2. The Bertz CT molecular complexity index is 1280. The Morgan fingerprint density at radius 2 is 1.74 bits per heavy atom. The molecule has 206 valence electrons. The van der Waals surface area contributed by atoms with Crippen LogP contribution < -0.4 is 10.1 Å². The van der Waals surface area contributed by atoms with Crippen molar-refractivity contribution < 1.29 is 14.3 Å². The zero-order valence-corrected chi connectivity index (χ0v) is 23.8. The highest BCUT2D eigenvalue weighted by Gasteiger charge is 2.28. The van der Waals surface area contributed by atoms with Crippen molar-refractivity contribution in [2.45, 2.75) is 57.9 Å². The maximum atomic E-state index is 13.1. The summed E-state index contributed by atoms with van der Waals surface area (Å²) in [6, 6.07) is 13.8. The molecule has 2 fully saturated rings. The fourth-order valence-electron chi connectivity index (χ4n) is 5.60. The zero-order chi connectivity index (χ0) is 27.2. The van der Waals surface area contributed by atoms with Crippen LogP contribution in [0.3, 0.4) is 0 Å². The van der Waals surface area contributed by atoms with Gasteiger partial charge >= 0.3 is 0 Å². The molecule has 0 atom stereocenters. The van der Waals surface area contributed by atoms with Gasteiger partial charge in [0.15, 0.2) is 5.13 Å². The van der Waals surface area contributed by atoms with E-state index in [1.807, 2.05) is 16.3 Å². The lowest BCUT2D eigenvalue weighted by molar-refractivity contribution is 0.0644. The summed E-state index contributed by atoms with van der Waals surface area (Å²) in [5.41, 5.74) is 4.07. The van der Waals surface area contributed by atoms with Crippen molar-refractivity contribution in [3.8, 4) is 17.0 Å². The highest BCUT2D eigenvalue weighted by molar-refractivity contribution is 7.14. The summed E-state index contributed by atoms with van der Waals surface area (Å²) in [4.78, 5) is 35.2. The second-order valence-corrected chi connectivity index (χ2v) is 11.3. The predicted octanol–water partition coefficient (Wildman–Crippen LogP) is 6.11. The average Bonchev–Trinajstić information content (AvgIpc) is 3.69. The maximum Gasteiger partial charge on any atom is 0.257 e. The van der Waals surface area contributed by atoms with E-state index in [-0.39, 0.29) is 11.8 Å². The van der Waals surface area contributed by atoms with Gasteiger partial charge in [-0.15, -0.1) is 11.3 Å². The molecule has 0 radical (unpaired) electrons. The van der Waals surface area contributed by atoms with E-state index in [0.29, 0.717) is 22.3 Å². The second-order valence-electron chi connectivity index (χ2n) is 10.5. The molecule has 0 saturated carbocycles. The van der Waals surface area contributed by atoms with E-state index in [9.17, 15) is 9.59 Å². The van der Waals surface area contributed by atoms with Crippen molar-refractivity contribution >= 4 is 28.3 Å². The average molecular weight is 547 g/mol. The number of aryl methyl sites for hydroxylation is 1. The number of carbonyl (C=O) groups excluding carboxylic acids is 2. The van der Waals surface area contributed by atoms with Crippen molar-refractivity contribution in [3.05, 3.63) is 64.5 Å². The van der Waals surface area contributed by atoms with Crippen LogP contribution in [-0.4, -0.2) is 65.9 Å². The number of anilines is 1. The second kappa shape index (κ2) is 12.7. The summed E-state index contributed by atoms with van der Waals surface area (Å²) in [6.45, 7) is 6.17. The summed E-state index contributed by atoms with van der Waals surface area (Å²) in [5.74, 6) is 0.561. The number of piperidine rings is 1. The Morgan fingerprint density at radius 3 is 2.44 bits per heavy atom. The first kappa shape index (κ1) is 27.3. The molecule has 8 heteroatoms. The number of hydrogen-bond donors (Lipinski definition) is 1. The molecule has 2 aromatic carbocycles. The molecule has 5 rings (SSSR count). The Balaban J connectivity index is 1.19. The van der Waals surface area contributed by atoms with Gasteiger partial charge in [-0.2, -0.15) is 0 Å². The van der Waals surface area contributed by atoms with E-state index < -0.39 is 0 Å². The number of benzene rings is 2. The predicted molar refractivity (Wildman–Crippen MR) is 157 cm³/mol. The van der Waals surface area contributed by atoms with Crippen molar-refractivity contribution in [2.24, 2.45) is 0 Å². The first-order valence-electron chi connectivity index (χ1n) is 14.1. The van der Waals surface area contributed by atoms with E-state index in [1.54, 1.807) is 31.4 Å². The van der Waals surface area contributed by atoms with E-state index in [0.717, 1.165) is 62.2 Å². The highest BCUT2D eigenvalue weighted by atomic mass is 32.1. The number of nitrogens with one attached hydrogen (secondary N) is 1. The summed E-state index contributed by atoms with van der Waals surface area (Å²) < 4.78 is 5.57. The normalized spacial score (nSPS) is 16.4. The molecule has 2 aliphatic heterocycles. The molecule has 0 aliphatic carbocycles. The number of nitrogens with zero attached hydrogens (tertiary/aromatic N) is 3. The molecular weight excluding hydrogens is 508 g/mol. The molecule has 2 amide bonds. The maximum absolute atomic E-state index is 13.1. The van der Waals surface area contributed by atoms with E-state index in [2.05, 4.69) is 34.3 Å². The highest BCUT2D eigenvalue weighted by Crippen LogP contribution is 2.33.